The number of benzene rings is 1. The summed E-state index contributed by atoms with van der Waals surface area (Å²) < 4.78 is 5.57. The molecule has 0 spiro atoms. The second-order valence-electron chi connectivity index (χ2n) is 4.11. The molecule has 0 aliphatic carbocycles. The van der Waals surface area contributed by atoms with E-state index in [2.05, 4.69) is 20.6 Å². The van der Waals surface area contributed by atoms with Crippen LogP contribution in [-0.2, 0) is 11.3 Å². The van der Waals surface area contributed by atoms with Crippen LogP contribution in [-0.4, -0.2) is 35.3 Å². The van der Waals surface area contributed by atoms with Crippen molar-refractivity contribution >= 4 is 28.4 Å². The number of fused-ring (bicyclic) bond motifs is 1. The van der Waals surface area contributed by atoms with Gasteiger partial charge in [0.05, 0.1) is 11.0 Å². The number of rotatable bonds is 6. The molecule has 0 atom stereocenters. The van der Waals surface area contributed by atoms with Gasteiger partial charge in [-0.05, 0) is 30.8 Å². The number of aromatic nitrogens is 2. The molecular weight excluding hydrogens is 260 g/mol. The Hall–Kier alpha value is -1.66. The Balaban J connectivity index is 1.67. The van der Waals surface area contributed by atoms with Crippen molar-refractivity contribution in [1.29, 1.82) is 0 Å². The minimum Gasteiger partial charge on any atom is -0.373 e. The molecule has 5 nitrogen and oxygen atoms in total. The molecule has 6 heteroatoms. The van der Waals surface area contributed by atoms with Crippen LogP contribution in [0.25, 0.3) is 11.0 Å². The van der Waals surface area contributed by atoms with Crippen molar-refractivity contribution in [2.24, 2.45) is 0 Å². The van der Waals surface area contributed by atoms with Gasteiger partial charge in [0, 0.05) is 20.2 Å². The van der Waals surface area contributed by atoms with Crippen LogP contribution in [0.3, 0.4) is 0 Å². The molecule has 1 heterocycles. The van der Waals surface area contributed by atoms with Crippen molar-refractivity contribution in [3.8, 4) is 0 Å². The molecule has 0 aliphatic heterocycles. The molecule has 1 aromatic carbocycles. The molecule has 0 saturated carbocycles. The van der Waals surface area contributed by atoms with Crippen LogP contribution in [0.15, 0.2) is 24.3 Å². The van der Waals surface area contributed by atoms with E-state index >= 15 is 0 Å². The number of imidazole rings is 1. The van der Waals surface area contributed by atoms with Crippen molar-refractivity contribution in [1.82, 2.24) is 20.6 Å². The Morgan fingerprint density at radius 1 is 1.42 bits per heavy atom. The van der Waals surface area contributed by atoms with Gasteiger partial charge in [0.15, 0.2) is 5.11 Å². The van der Waals surface area contributed by atoms with Gasteiger partial charge in [-0.15, -0.1) is 0 Å². The number of H-pyrrole nitrogens is 1. The molecule has 3 N–H and O–H groups in total. The van der Waals surface area contributed by atoms with Crippen LogP contribution in [0.2, 0.25) is 0 Å². The predicted molar refractivity (Wildman–Crippen MR) is 80.0 cm³/mol. The first kappa shape index (κ1) is 13.8. The van der Waals surface area contributed by atoms with Crippen molar-refractivity contribution in [2.45, 2.75) is 13.0 Å². The van der Waals surface area contributed by atoms with Crippen molar-refractivity contribution in [3.05, 3.63) is 30.1 Å². The monoisotopic (exact) mass is 278 g/mol. The fourth-order valence-electron chi connectivity index (χ4n) is 1.71. The summed E-state index contributed by atoms with van der Waals surface area (Å²) in [5, 5.41) is 6.59. The molecule has 19 heavy (non-hydrogen) atoms. The molecule has 0 amide bonds. The molecule has 0 saturated heterocycles. The van der Waals surface area contributed by atoms with Gasteiger partial charge in [0.2, 0.25) is 0 Å². The zero-order valence-electron chi connectivity index (χ0n) is 10.9. The zero-order chi connectivity index (χ0) is 13.5. The zero-order valence-corrected chi connectivity index (χ0v) is 11.7. The molecule has 1 aromatic heterocycles. The van der Waals surface area contributed by atoms with Gasteiger partial charge < -0.3 is 20.4 Å². The second-order valence-corrected chi connectivity index (χ2v) is 4.52. The normalized spacial score (nSPS) is 10.6. The molecule has 0 aliphatic rings. The van der Waals surface area contributed by atoms with Crippen LogP contribution in [0.5, 0.6) is 0 Å². The predicted octanol–water partition coefficient (Wildman–Crippen LogP) is 1.56. The average molecular weight is 278 g/mol. The quantitative estimate of drug-likeness (QED) is 0.553. The van der Waals surface area contributed by atoms with E-state index in [-0.39, 0.29) is 0 Å². The number of aromatic amines is 1. The van der Waals surface area contributed by atoms with Crippen molar-refractivity contribution < 1.29 is 4.74 Å². The fourth-order valence-corrected chi connectivity index (χ4v) is 1.81. The Morgan fingerprint density at radius 3 is 3.05 bits per heavy atom. The largest absolute Gasteiger partial charge is 0.373 e. The first-order valence-electron chi connectivity index (χ1n) is 6.26. The molecular formula is C13H18N4OS. The lowest BCUT2D eigenvalue weighted by Crippen LogP contribution is -2.33. The first-order chi connectivity index (χ1) is 9.29. The van der Waals surface area contributed by atoms with Crippen LogP contribution in [0.4, 0.5) is 0 Å². The molecule has 0 fully saturated rings. The third-order valence-electron chi connectivity index (χ3n) is 2.66. The molecule has 0 bridgehead atoms. The van der Waals surface area contributed by atoms with Crippen LogP contribution in [0, 0.1) is 0 Å². The highest BCUT2D eigenvalue weighted by molar-refractivity contribution is 7.80. The van der Waals surface area contributed by atoms with Gasteiger partial charge in [-0.3, -0.25) is 0 Å². The van der Waals surface area contributed by atoms with E-state index in [1.807, 2.05) is 24.3 Å². The topological polar surface area (TPSA) is 62.0 Å². The van der Waals surface area contributed by atoms with E-state index in [1.165, 1.54) is 0 Å². The summed E-state index contributed by atoms with van der Waals surface area (Å²) in [5.41, 5.74) is 2.02. The standard InChI is InChI=1S/C13H18N4OS/c1-14-13(19)15-7-4-8-18-9-12-16-10-5-2-3-6-11(10)17-12/h2-3,5-6H,4,7-9H2,1H3,(H,16,17)(H2,14,15,19). The highest BCUT2D eigenvalue weighted by Gasteiger charge is 2.01. The fraction of sp³-hybridized carbons (Fsp3) is 0.385. The third-order valence-corrected chi connectivity index (χ3v) is 3.00. The molecule has 0 unspecified atom stereocenters. The maximum Gasteiger partial charge on any atom is 0.166 e. The maximum atomic E-state index is 5.57. The number of hydrogen-bond donors (Lipinski definition) is 3. The summed E-state index contributed by atoms with van der Waals surface area (Å²) in [7, 11) is 1.80. The summed E-state index contributed by atoms with van der Waals surface area (Å²) in [5.74, 6) is 0.861. The van der Waals surface area contributed by atoms with Gasteiger partial charge >= 0.3 is 0 Å². The Kier molecular flexibility index (Phi) is 5.11. The number of thiocarbonyl (C=S) groups is 1. The third kappa shape index (κ3) is 4.18. The van der Waals surface area contributed by atoms with Gasteiger partial charge in [-0.1, -0.05) is 12.1 Å². The van der Waals surface area contributed by atoms with Crippen molar-refractivity contribution in [2.75, 3.05) is 20.2 Å². The van der Waals surface area contributed by atoms with E-state index < -0.39 is 0 Å². The number of ether oxygens (including phenoxy) is 1. The van der Waals surface area contributed by atoms with Gasteiger partial charge in [0.25, 0.3) is 0 Å². The smallest absolute Gasteiger partial charge is 0.166 e. The highest BCUT2D eigenvalue weighted by Crippen LogP contribution is 2.10. The lowest BCUT2D eigenvalue weighted by molar-refractivity contribution is 0.114. The molecule has 2 rings (SSSR count). The number of hydrogen-bond acceptors (Lipinski definition) is 3. The van der Waals surface area contributed by atoms with Crippen molar-refractivity contribution in [3.63, 3.8) is 0 Å². The van der Waals surface area contributed by atoms with E-state index in [4.69, 9.17) is 17.0 Å². The van der Waals surface area contributed by atoms with Gasteiger partial charge in [0.1, 0.15) is 12.4 Å². The van der Waals surface area contributed by atoms with Gasteiger partial charge in [-0.25, -0.2) is 4.98 Å². The average Bonchev–Trinajstić information content (AvgIpc) is 2.84. The molecule has 2 aromatic rings. The number of para-hydroxylation sites is 2. The molecule has 0 radical (unpaired) electrons. The Labute approximate surface area is 117 Å². The minimum atomic E-state index is 0.505. The first-order valence-corrected chi connectivity index (χ1v) is 6.67. The Bertz CT molecular complexity index is 507. The van der Waals surface area contributed by atoms with Crippen LogP contribution in [0.1, 0.15) is 12.2 Å². The summed E-state index contributed by atoms with van der Waals surface area (Å²) in [6.07, 6.45) is 0.905. The summed E-state index contributed by atoms with van der Waals surface area (Å²) >= 11 is 4.97. The maximum absolute atomic E-state index is 5.57. The van der Waals surface area contributed by atoms with E-state index in [0.717, 1.165) is 29.8 Å². The summed E-state index contributed by atoms with van der Waals surface area (Å²) in [6.45, 7) is 1.99. The van der Waals surface area contributed by atoms with E-state index in [1.54, 1.807) is 7.05 Å². The van der Waals surface area contributed by atoms with E-state index in [0.29, 0.717) is 18.3 Å². The van der Waals surface area contributed by atoms with Crippen LogP contribution >= 0.6 is 12.2 Å². The van der Waals surface area contributed by atoms with Gasteiger partial charge in [-0.2, -0.15) is 0 Å². The SMILES string of the molecule is CNC(=S)NCCCOCc1nc2ccccc2[nH]1. The van der Waals surface area contributed by atoms with Crippen LogP contribution < -0.4 is 10.6 Å². The number of nitrogens with one attached hydrogen (secondary N) is 3. The number of nitrogens with zero attached hydrogens (tertiary/aromatic N) is 1. The minimum absolute atomic E-state index is 0.505. The summed E-state index contributed by atoms with van der Waals surface area (Å²) in [6, 6.07) is 7.96. The lowest BCUT2D eigenvalue weighted by atomic mass is 10.3. The van der Waals surface area contributed by atoms with E-state index in [9.17, 15) is 0 Å². The second kappa shape index (κ2) is 7.06. The highest BCUT2D eigenvalue weighted by atomic mass is 32.1. The summed E-state index contributed by atoms with van der Waals surface area (Å²) in [4.78, 5) is 7.68. The Morgan fingerprint density at radius 2 is 2.26 bits per heavy atom. The molecule has 102 valence electrons. The lowest BCUT2D eigenvalue weighted by Gasteiger charge is -2.06.